The first kappa shape index (κ1) is 17.5. The highest BCUT2D eigenvalue weighted by Crippen LogP contribution is 2.36. The highest BCUT2D eigenvalue weighted by atomic mass is 15.0. The Bertz CT molecular complexity index is 860. The summed E-state index contributed by atoms with van der Waals surface area (Å²) < 4.78 is 0. The van der Waals surface area contributed by atoms with E-state index in [9.17, 15) is 0 Å². The minimum atomic E-state index is 0.259. The largest absolute Gasteiger partial charge is 0.344 e. The van der Waals surface area contributed by atoms with Gasteiger partial charge in [0.2, 0.25) is 0 Å². The van der Waals surface area contributed by atoms with Gasteiger partial charge in [0.1, 0.15) is 5.84 Å². The molecule has 0 saturated carbocycles. The maximum atomic E-state index is 5.11. The molecule has 0 aliphatic carbocycles. The van der Waals surface area contributed by atoms with Gasteiger partial charge in [-0.2, -0.15) is 0 Å². The van der Waals surface area contributed by atoms with Gasteiger partial charge in [0, 0.05) is 23.6 Å². The molecule has 1 atom stereocenters. The van der Waals surface area contributed by atoms with Crippen molar-refractivity contribution in [1.29, 1.82) is 0 Å². The van der Waals surface area contributed by atoms with Crippen LogP contribution in [0.1, 0.15) is 54.8 Å². The lowest BCUT2D eigenvalue weighted by atomic mass is 9.87. The smallest absolute Gasteiger partial charge is 0.102 e. The molecule has 136 valence electrons. The SMILES string of the molecule is CCCC1N=C(CC(c2ccccc2)c2ccccc2)Nc2ccccc21. The van der Waals surface area contributed by atoms with Crippen LogP contribution in [0.25, 0.3) is 0 Å². The topological polar surface area (TPSA) is 24.4 Å². The zero-order valence-corrected chi connectivity index (χ0v) is 15.8. The van der Waals surface area contributed by atoms with E-state index in [1.807, 2.05) is 0 Å². The minimum absolute atomic E-state index is 0.259. The summed E-state index contributed by atoms with van der Waals surface area (Å²) in [5.41, 5.74) is 5.19. The summed E-state index contributed by atoms with van der Waals surface area (Å²) in [6, 6.07) is 30.4. The van der Waals surface area contributed by atoms with E-state index in [0.29, 0.717) is 5.92 Å². The fraction of sp³-hybridized carbons (Fsp3) is 0.240. The molecule has 1 unspecified atom stereocenters. The molecule has 1 aliphatic heterocycles. The van der Waals surface area contributed by atoms with E-state index < -0.39 is 0 Å². The van der Waals surface area contributed by atoms with Gasteiger partial charge < -0.3 is 5.32 Å². The number of hydrogen-bond acceptors (Lipinski definition) is 2. The van der Waals surface area contributed by atoms with Crippen LogP contribution in [0.2, 0.25) is 0 Å². The Labute approximate surface area is 162 Å². The van der Waals surface area contributed by atoms with E-state index in [-0.39, 0.29) is 6.04 Å². The highest BCUT2D eigenvalue weighted by Gasteiger charge is 2.23. The van der Waals surface area contributed by atoms with Crippen LogP contribution >= 0.6 is 0 Å². The summed E-state index contributed by atoms with van der Waals surface area (Å²) in [5.74, 6) is 1.39. The Morgan fingerprint density at radius 1 is 0.815 bits per heavy atom. The summed E-state index contributed by atoms with van der Waals surface area (Å²) in [6.45, 7) is 2.23. The summed E-state index contributed by atoms with van der Waals surface area (Å²) in [7, 11) is 0. The molecule has 0 saturated heterocycles. The minimum Gasteiger partial charge on any atom is -0.344 e. The lowest BCUT2D eigenvalue weighted by molar-refractivity contribution is 0.633. The molecule has 3 aromatic carbocycles. The van der Waals surface area contributed by atoms with Crippen molar-refractivity contribution < 1.29 is 0 Å². The highest BCUT2D eigenvalue weighted by molar-refractivity contribution is 5.98. The second-order valence-corrected chi connectivity index (χ2v) is 7.17. The number of benzene rings is 3. The molecular formula is C25H26N2. The monoisotopic (exact) mass is 354 g/mol. The van der Waals surface area contributed by atoms with Gasteiger partial charge in [-0.05, 0) is 23.6 Å². The van der Waals surface area contributed by atoms with Crippen LogP contribution in [-0.2, 0) is 0 Å². The van der Waals surface area contributed by atoms with Gasteiger partial charge in [0.05, 0.1) is 6.04 Å². The standard InChI is InChI=1S/C25H26N2/c1-2-11-23-21-16-9-10-17-24(21)27-25(26-23)18-22(19-12-5-3-6-13-19)20-14-7-4-8-15-20/h3-10,12-17,22-23H,2,11,18H2,1H3,(H,26,27). The molecule has 0 aromatic heterocycles. The van der Waals surface area contributed by atoms with E-state index in [0.717, 1.165) is 25.1 Å². The first-order chi connectivity index (χ1) is 13.3. The van der Waals surface area contributed by atoms with Crippen molar-refractivity contribution >= 4 is 11.5 Å². The normalized spacial score (nSPS) is 15.8. The van der Waals surface area contributed by atoms with Gasteiger partial charge >= 0.3 is 0 Å². The number of aliphatic imine (C=N–C) groups is 1. The third kappa shape index (κ3) is 3.95. The second kappa shape index (κ2) is 8.22. The van der Waals surface area contributed by atoms with Crippen LogP contribution in [0.4, 0.5) is 5.69 Å². The molecule has 2 heteroatoms. The predicted molar refractivity (Wildman–Crippen MR) is 114 cm³/mol. The van der Waals surface area contributed by atoms with Crippen LogP contribution < -0.4 is 5.32 Å². The molecular weight excluding hydrogens is 328 g/mol. The quantitative estimate of drug-likeness (QED) is 0.531. The van der Waals surface area contributed by atoms with Gasteiger partial charge in [0.25, 0.3) is 0 Å². The van der Waals surface area contributed by atoms with Gasteiger partial charge in [-0.1, -0.05) is 92.2 Å². The number of nitrogens with one attached hydrogen (secondary N) is 1. The van der Waals surface area contributed by atoms with Crippen LogP contribution in [0.3, 0.4) is 0 Å². The van der Waals surface area contributed by atoms with Gasteiger partial charge in [-0.25, -0.2) is 0 Å². The van der Waals surface area contributed by atoms with E-state index >= 15 is 0 Å². The number of para-hydroxylation sites is 1. The van der Waals surface area contributed by atoms with E-state index in [1.165, 1.54) is 22.4 Å². The van der Waals surface area contributed by atoms with Gasteiger partial charge in [-0.15, -0.1) is 0 Å². The molecule has 27 heavy (non-hydrogen) atoms. The maximum Gasteiger partial charge on any atom is 0.102 e. The number of amidine groups is 1. The molecule has 1 N–H and O–H groups in total. The zero-order valence-electron chi connectivity index (χ0n) is 15.8. The zero-order chi connectivity index (χ0) is 18.5. The number of fused-ring (bicyclic) bond motifs is 1. The van der Waals surface area contributed by atoms with Crippen LogP contribution in [0.5, 0.6) is 0 Å². The number of nitrogens with zero attached hydrogens (tertiary/aromatic N) is 1. The Kier molecular flexibility index (Phi) is 5.34. The van der Waals surface area contributed by atoms with Crippen LogP contribution in [0, 0.1) is 0 Å². The molecule has 4 rings (SSSR count). The number of hydrogen-bond donors (Lipinski definition) is 1. The predicted octanol–water partition coefficient (Wildman–Crippen LogP) is 6.57. The van der Waals surface area contributed by atoms with Crippen LogP contribution in [0.15, 0.2) is 89.9 Å². The van der Waals surface area contributed by atoms with Gasteiger partial charge in [0.15, 0.2) is 0 Å². The first-order valence-electron chi connectivity index (χ1n) is 9.87. The number of rotatable bonds is 6. The molecule has 3 aromatic rings. The molecule has 0 fully saturated rings. The Balaban J connectivity index is 1.67. The Morgan fingerprint density at radius 3 is 2.04 bits per heavy atom. The van der Waals surface area contributed by atoms with E-state index in [1.54, 1.807) is 0 Å². The lowest BCUT2D eigenvalue weighted by Crippen LogP contribution is -2.23. The molecule has 2 nitrogen and oxygen atoms in total. The summed E-state index contributed by atoms with van der Waals surface area (Å²) >= 11 is 0. The van der Waals surface area contributed by atoms with Crippen LogP contribution in [-0.4, -0.2) is 5.84 Å². The number of anilines is 1. The second-order valence-electron chi connectivity index (χ2n) is 7.17. The molecule has 1 aliphatic rings. The molecule has 0 bridgehead atoms. The molecule has 0 radical (unpaired) electrons. The van der Waals surface area contributed by atoms with Crippen molar-refractivity contribution in [3.63, 3.8) is 0 Å². The van der Waals surface area contributed by atoms with Crippen molar-refractivity contribution in [2.75, 3.05) is 5.32 Å². The maximum absolute atomic E-state index is 5.11. The first-order valence-corrected chi connectivity index (χ1v) is 9.87. The molecule has 0 spiro atoms. The third-order valence-corrected chi connectivity index (χ3v) is 5.27. The van der Waals surface area contributed by atoms with E-state index in [2.05, 4.69) is 97.2 Å². The van der Waals surface area contributed by atoms with Crippen molar-refractivity contribution in [2.24, 2.45) is 4.99 Å². The van der Waals surface area contributed by atoms with Gasteiger partial charge in [-0.3, -0.25) is 4.99 Å². The third-order valence-electron chi connectivity index (χ3n) is 5.27. The van der Waals surface area contributed by atoms with Crippen molar-refractivity contribution in [1.82, 2.24) is 0 Å². The average molecular weight is 354 g/mol. The van der Waals surface area contributed by atoms with Crippen molar-refractivity contribution in [3.8, 4) is 0 Å². The molecule has 0 amide bonds. The summed E-state index contributed by atoms with van der Waals surface area (Å²) in [5, 5.41) is 3.61. The lowest BCUT2D eigenvalue weighted by Gasteiger charge is -2.27. The average Bonchev–Trinajstić information content (AvgIpc) is 2.73. The summed E-state index contributed by atoms with van der Waals surface area (Å²) in [4.78, 5) is 5.11. The fourth-order valence-electron chi connectivity index (χ4n) is 3.94. The van der Waals surface area contributed by atoms with Crippen molar-refractivity contribution in [3.05, 3.63) is 102 Å². The van der Waals surface area contributed by atoms with E-state index in [4.69, 9.17) is 4.99 Å². The summed E-state index contributed by atoms with van der Waals surface area (Å²) in [6.07, 6.45) is 3.10. The Morgan fingerprint density at radius 2 is 1.41 bits per heavy atom. The fourth-order valence-corrected chi connectivity index (χ4v) is 3.94. The Hall–Kier alpha value is -2.87. The molecule has 1 heterocycles. The van der Waals surface area contributed by atoms with Crippen molar-refractivity contribution in [2.45, 2.75) is 38.1 Å².